The van der Waals surface area contributed by atoms with E-state index in [0.717, 1.165) is 18.2 Å². The zero-order chi connectivity index (χ0) is 11.8. The third-order valence-electron chi connectivity index (χ3n) is 2.86. The number of para-hydroxylation sites is 1. The molecule has 0 bridgehead atoms. The van der Waals surface area contributed by atoms with Gasteiger partial charge in [-0.1, -0.05) is 12.1 Å². The SMILES string of the molecule is COc1cccc2cc(C(=O)NC3CC3)oc12. The molecule has 1 aromatic carbocycles. The molecule has 0 spiro atoms. The van der Waals surface area contributed by atoms with Crippen LogP contribution in [0.1, 0.15) is 23.4 Å². The molecule has 17 heavy (non-hydrogen) atoms. The van der Waals surface area contributed by atoms with Gasteiger partial charge in [0.05, 0.1) is 7.11 Å². The maximum absolute atomic E-state index is 11.8. The van der Waals surface area contributed by atoms with Crippen LogP contribution >= 0.6 is 0 Å². The number of furan rings is 1. The molecule has 0 unspecified atom stereocenters. The van der Waals surface area contributed by atoms with E-state index in [1.54, 1.807) is 13.2 Å². The van der Waals surface area contributed by atoms with Gasteiger partial charge in [-0.3, -0.25) is 4.79 Å². The smallest absolute Gasteiger partial charge is 0.287 e. The summed E-state index contributed by atoms with van der Waals surface area (Å²) in [6, 6.07) is 7.66. The molecule has 0 atom stereocenters. The van der Waals surface area contributed by atoms with Crippen LogP contribution in [0.3, 0.4) is 0 Å². The van der Waals surface area contributed by atoms with Gasteiger partial charge in [-0.25, -0.2) is 0 Å². The minimum Gasteiger partial charge on any atom is -0.493 e. The van der Waals surface area contributed by atoms with Crippen molar-refractivity contribution in [2.24, 2.45) is 0 Å². The largest absolute Gasteiger partial charge is 0.493 e. The number of carbonyl (C=O) groups is 1. The van der Waals surface area contributed by atoms with Gasteiger partial charge in [-0.15, -0.1) is 0 Å². The molecule has 1 heterocycles. The molecule has 4 heteroatoms. The lowest BCUT2D eigenvalue weighted by Gasteiger charge is -1.99. The zero-order valence-corrected chi connectivity index (χ0v) is 9.53. The van der Waals surface area contributed by atoms with E-state index in [1.807, 2.05) is 18.2 Å². The second kappa shape index (κ2) is 3.80. The number of fused-ring (bicyclic) bond motifs is 1. The lowest BCUT2D eigenvalue weighted by atomic mass is 10.2. The summed E-state index contributed by atoms with van der Waals surface area (Å²) >= 11 is 0. The van der Waals surface area contributed by atoms with E-state index in [-0.39, 0.29) is 5.91 Å². The third kappa shape index (κ3) is 1.86. The summed E-state index contributed by atoms with van der Waals surface area (Å²) < 4.78 is 10.7. The fraction of sp³-hybridized carbons (Fsp3) is 0.308. The average molecular weight is 231 g/mol. The quantitative estimate of drug-likeness (QED) is 0.882. The van der Waals surface area contributed by atoms with Crippen molar-refractivity contribution < 1.29 is 13.9 Å². The molecule has 0 aliphatic heterocycles. The Bertz CT molecular complexity index is 569. The Hall–Kier alpha value is -1.97. The zero-order valence-electron chi connectivity index (χ0n) is 9.53. The highest BCUT2D eigenvalue weighted by Crippen LogP contribution is 2.29. The first-order chi connectivity index (χ1) is 8.28. The van der Waals surface area contributed by atoms with Gasteiger partial charge < -0.3 is 14.5 Å². The number of methoxy groups -OCH3 is 1. The fourth-order valence-corrected chi connectivity index (χ4v) is 1.79. The van der Waals surface area contributed by atoms with Gasteiger partial charge in [0.15, 0.2) is 17.1 Å². The Morgan fingerprint density at radius 3 is 3.00 bits per heavy atom. The molecule has 1 aromatic heterocycles. The van der Waals surface area contributed by atoms with Crippen LogP contribution in [0.15, 0.2) is 28.7 Å². The predicted molar refractivity (Wildman–Crippen MR) is 63.3 cm³/mol. The Morgan fingerprint density at radius 2 is 2.29 bits per heavy atom. The highest BCUT2D eigenvalue weighted by Gasteiger charge is 2.25. The number of carbonyl (C=O) groups excluding carboxylic acids is 1. The number of hydrogen-bond donors (Lipinski definition) is 1. The van der Waals surface area contributed by atoms with Gasteiger partial charge in [0.2, 0.25) is 0 Å². The van der Waals surface area contributed by atoms with Crippen LogP contribution in [-0.2, 0) is 0 Å². The van der Waals surface area contributed by atoms with Gasteiger partial charge in [-0.2, -0.15) is 0 Å². The van der Waals surface area contributed by atoms with Crippen molar-refractivity contribution in [3.05, 3.63) is 30.0 Å². The molecule has 1 aliphatic carbocycles. The maximum atomic E-state index is 11.8. The lowest BCUT2D eigenvalue weighted by molar-refractivity contribution is 0.0925. The second-order valence-corrected chi connectivity index (χ2v) is 4.24. The first-order valence-electron chi connectivity index (χ1n) is 5.65. The van der Waals surface area contributed by atoms with E-state index in [2.05, 4.69) is 5.32 Å². The minimum absolute atomic E-state index is 0.147. The van der Waals surface area contributed by atoms with Crippen molar-refractivity contribution in [2.45, 2.75) is 18.9 Å². The standard InChI is InChI=1S/C13H13NO3/c1-16-10-4-2-3-8-7-11(17-12(8)10)13(15)14-9-5-6-9/h2-4,7,9H,5-6H2,1H3,(H,14,15). The summed E-state index contributed by atoms with van der Waals surface area (Å²) in [6.07, 6.45) is 2.13. The van der Waals surface area contributed by atoms with E-state index >= 15 is 0 Å². The van der Waals surface area contributed by atoms with Crippen LogP contribution < -0.4 is 10.1 Å². The second-order valence-electron chi connectivity index (χ2n) is 4.24. The van der Waals surface area contributed by atoms with Crippen LogP contribution in [-0.4, -0.2) is 19.1 Å². The van der Waals surface area contributed by atoms with E-state index in [4.69, 9.17) is 9.15 Å². The van der Waals surface area contributed by atoms with E-state index in [9.17, 15) is 4.79 Å². The summed E-state index contributed by atoms with van der Waals surface area (Å²) in [5.74, 6) is 0.843. The monoisotopic (exact) mass is 231 g/mol. The molecule has 1 saturated carbocycles. The van der Waals surface area contributed by atoms with Crippen LogP contribution in [0.5, 0.6) is 5.75 Å². The Labute approximate surface area is 98.6 Å². The molecular weight excluding hydrogens is 218 g/mol. The van der Waals surface area contributed by atoms with Gasteiger partial charge >= 0.3 is 0 Å². The molecule has 1 aliphatic rings. The van der Waals surface area contributed by atoms with E-state index in [1.165, 1.54) is 0 Å². The van der Waals surface area contributed by atoms with Crippen LogP contribution in [0.4, 0.5) is 0 Å². The summed E-state index contributed by atoms with van der Waals surface area (Å²) in [5, 5.41) is 3.77. The molecular formula is C13H13NO3. The Balaban J connectivity index is 1.97. The average Bonchev–Trinajstić information content (AvgIpc) is 3.04. The van der Waals surface area contributed by atoms with Gasteiger partial charge in [0.25, 0.3) is 5.91 Å². The van der Waals surface area contributed by atoms with Crippen molar-refractivity contribution >= 4 is 16.9 Å². The molecule has 1 amide bonds. The summed E-state index contributed by atoms with van der Waals surface area (Å²) in [6.45, 7) is 0. The number of amides is 1. The number of nitrogens with one attached hydrogen (secondary N) is 1. The maximum Gasteiger partial charge on any atom is 0.287 e. The molecule has 0 saturated heterocycles. The van der Waals surface area contributed by atoms with E-state index in [0.29, 0.717) is 23.1 Å². The van der Waals surface area contributed by atoms with Crippen molar-refractivity contribution in [3.63, 3.8) is 0 Å². The van der Waals surface area contributed by atoms with Crippen molar-refractivity contribution in [3.8, 4) is 5.75 Å². The highest BCUT2D eigenvalue weighted by atomic mass is 16.5. The first-order valence-corrected chi connectivity index (χ1v) is 5.65. The lowest BCUT2D eigenvalue weighted by Crippen LogP contribution is -2.24. The molecule has 88 valence electrons. The minimum atomic E-state index is -0.147. The third-order valence-corrected chi connectivity index (χ3v) is 2.86. The van der Waals surface area contributed by atoms with Gasteiger partial charge in [0, 0.05) is 11.4 Å². The molecule has 4 nitrogen and oxygen atoms in total. The number of rotatable bonds is 3. The van der Waals surface area contributed by atoms with Crippen LogP contribution in [0.25, 0.3) is 11.0 Å². The Kier molecular flexibility index (Phi) is 2.28. The van der Waals surface area contributed by atoms with Crippen LogP contribution in [0.2, 0.25) is 0 Å². The summed E-state index contributed by atoms with van der Waals surface area (Å²) in [4.78, 5) is 11.8. The normalized spacial score (nSPS) is 14.9. The summed E-state index contributed by atoms with van der Waals surface area (Å²) in [7, 11) is 1.58. The highest BCUT2D eigenvalue weighted by molar-refractivity contribution is 5.97. The van der Waals surface area contributed by atoms with Gasteiger partial charge in [0.1, 0.15) is 0 Å². The van der Waals surface area contributed by atoms with E-state index < -0.39 is 0 Å². The van der Waals surface area contributed by atoms with Crippen molar-refractivity contribution in [1.29, 1.82) is 0 Å². The number of ether oxygens (including phenoxy) is 1. The topological polar surface area (TPSA) is 51.5 Å². The molecule has 1 N–H and O–H groups in total. The van der Waals surface area contributed by atoms with Crippen LogP contribution in [0, 0.1) is 0 Å². The number of benzene rings is 1. The molecule has 1 fully saturated rings. The molecule has 0 radical (unpaired) electrons. The summed E-state index contributed by atoms with van der Waals surface area (Å²) in [5.41, 5.74) is 0.621. The first kappa shape index (κ1) is 10.2. The Morgan fingerprint density at radius 1 is 1.47 bits per heavy atom. The molecule has 2 aromatic rings. The molecule has 3 rings (SSSR count). The predicted octanol–water partition coefficient (Wildman–Crippen LogP) is 2.33. The van der Waals surface area contributed by atoms with Crippen molar-refractivity contribution in [1.82, 2.24) is 5.32 Å². The van der Waals surface area contributed by atoms with Crippen molar-refractivity contribution in [2.75, 3.05) is 7.11 Å². The fourth-order valence-electron chi connectivity index (χ4n) is 1.79. The number of hydrogen-bond acceptors (Lipinski definition) is 3. The van der Waals surface area contributed by atoms with Gasteiger partial charge in [-0.05, 0) is 25.0 Å².